The van der Waals surface area contributed by atoms with E-state index in [-0.39, 0.29) is 10.7 Å². The summed E-state index contributed by atoms with van der Waals surface area (Å²) in [6, 6.07) is 9.28. The smallest absolute Gasteiger partial charge is 0.288 e. The molecule has 0 saturated heterocycles. The molecule has 0 atom stereocenters. The molecule has 0 amide bonds. The molecule has 0 fully saturated rings. The molecule has 0 aliphatic carbocycles. The summed E-state index contributed by atoms with van der Waals surface area (Å²) in [4.78, 5) is 10.4. The SMILES string of the molecule is Cc1cc([N+](=O)[O-])c(Cl)cc1NCc1c(C)cccc1C. The number of aryl methyl sites for hydroxylation is 3. The Balaban J connectivity index is 2.25. The van der Waals surface area contributed by atoms with Crippen molar-refractivity contribution in [1.82, 2.24) is 0 Å². The molecule has 0 saturated carbocycles. The molecule has 0 spiro atoms. The second-order valence-electron chi connectivity index (χ2n) is 5.10. The summed E-state index contributed by atoms with van der Waals surface area (Å²) in [7, 11) is 0. The third kappa shape index (κ3) is 3.34. The summed E-state index contributed by atoms with van der Waals surface area (Å²) in [6.45, 7) is 6.63. The summed E-state index contributed by atoms with van der Waals surface area (Å²) in [5, 5.41) is 14.3. The zero-order valence-corrected chi connectivity index (χ0v) is 13.0. The summed E-state index contributed by atoms with van der Waals surface area (Å²) >= 11 is 5.96. The van der Waals surface area contributed by atoms with Crippen LogP contribution in [0.2, 0.25) is 5.02 Å². The Morgan fingerprint density at radius 2 is 1.76 bits per heavy atom. The van der Waals surface area contributed by atoms with Crippen LogP contribution in [0.25, 0.3) is 0 Å². The fourth-order valence-corrected chi connectivity index (χ4v) is 2.54. The first-order chi connectivity index (χ1) is 9.90. The lowest BCUT2D eigenvalue weighted by molar-refractivity contribution is -0.384. The molecular weight excluding hydrogens is 288 g/mol. The first-order valence-corrected chi connectivity index (χ1v) is 7.01. The summed E-state index contributed by atoms with van der Waals surface area (Å²) in [5.74, 6) is 0. The van der Waals surface area contributed by atoms with Crippen molar-refractivity contribution in [3.8, 4) is 0 Å². The maximum absolute atomic E-state index is 10.9. The van der Waals surface area contributed by atoms with E-state index in [0.717, 1.165) is 11.3 Å². The third-order valence-corrected chi connectivity index (χ3v) is 3.89. The highest BCUT2D eigenvalue weighted by atomic mass is 35.5. The highest BCUT2D eigenvalue weighted by Crippen LogP contribution is 2.31. The lowest BCUT2D eigenvalue weighted by Crippen LogP contribution is -2.05. The number of rotatable bonds is 4. The molecule has 0 heterocycles. The average Bonchev–Trinajstić information content (AvgIpc) is 2.41. The van der Waals surface area contributed by atoms with Gasteiger partial charge in [-0.1, -0.05) is 29.8 Å². The Kier molecular flexibility index (Phi) is 4.48. The van der Waals surface area contributed by atoms with Crippen LogP contribution >= 0.6 is 11.6 Å². The normalized spacial score (nSPS) is 10.5. The molecule has 0 aromatic heterocycles. The fraction of sp³-hybridized carbons (Fsp3) is 0.250. The lowest BCUT2D eigenvalue weighted by Gasteiger charge is -2.14. The Morgan fingerprint density at radius 3 is 2.33 bits per heavy atom. The van der Waals surface area contributed by atoms with Gasteiger partial charge in [-0.3, -0.25) is 10.1 Å². The van der Waals surface area contributed by atoms with Crippen LogP contribution in [0.5, 0.6) is 0 Å². The number of nitrogens with one attached hydrogen (secondary N) is 1. The van der Waals surface area contributed by atoms with E-state index >= 15 is 0 Å². The summed E-state index contributed by atoms with van der Waals surface area (Å²) < 4.78 is 0. The van der Waals surface area contributed by atoms with Gasteiger partial charge in [-0.15, -0.1) is 0 Å². The van der Waals surface area contributed by atoms with Gasteiger partial charge in [-0.05, 0) is 49.1 Å². The van der Waals surface area contributed by atoms with Gasteiger partial charge in [0.15, 0.2) is 0 Å². The minimum absolute atomic E-state index is 0.0632. The molecule has 4 nitrogen and oxygen atoms in total. The Hall–Kier alpha value is -2.07. The molecule has 0 aliphatic rings. The quantitative estimate of drug-likeness (QED) is 0.653. The second-order valence-corrected chi connectivity index (χ2v) is 5.51. The maximum Gasteiger partial charge on any atom is 0.288 e. The van der Waals surface area contributed by atoms with Crippen molar-refractivity contribution >= 4 is 23.0 Å². The number of hydrogen-bond donors (Lipinski definition) is 1. The van der Waals surface area contributed by atoms with Crippen LogP contribution in [-0.4, -0.2) is 4.92 Å². The van der Waals surface area contributed by atoms with Gasteiger partial charge in [-0.25, -0.2) is 0 Å². The van der Waals surface area contributed by atoms with E-state index in [1.807, 2.05) is 13.0 Å². The van der Waals surface area contributed by atoms with E-state index in [4.69, 9.17) is 11.6 Å². The number of benzene rings is 2. The zero-order chi connectivity index (χ0) is 15.6. The van der Waals surface area contributed by atoms with E-state index in [9.17, 15) is 10.1 Å². The predicted octanol–water partition coefficient (Wildman–Crippen LogP) is 4.79. The molecule has 2 aromatic carbocycles. The van der Waals surface area contributed by atoms with E-state index < -0.39 is 4.92 Å². The molecule has 1 N–H and O–H groups in total. The summed E-state index contributed by atoms with van der Waals surface area (Å²) in [5.41, 5.74) is 5.21. The highest BCUT2D eigenvalue weighted by Gasteiger charge is 2.15. The standard InChI is InChI=1S/C16H17ClN2O2/c1-10-5-4-6-11(2)13(10)9-18-15-8-14(17)16(19(20)21)7-12(15)3/h4-8,18H,9H2,1-3H3. The number of anilines is 1. The van der Waals surface area contributed by atoms with Gasteiger partial charge in [0.2, 0.25) is 0 Å². The zero-order valence-electron chi connectivity index (χ0n) is 12.2. The second kappa shape index (κ2) is 6.14. The van der Waals surface area contributed by atoms with Gasteiger partial charge in [0.05, 0.1) is 4.92 Å². The van der Waals surface area contributed by atoms with Gasteiger partial charge < -0.3 is 5.32 Å². The van der Waals surface area contributed by atoms with E-state index in [1.54, 1.807) is 6.07 Å². The first kappa shape index (κ1) is 15.3. The molecule has 0 bridgehead atoms. The van der Waals surface area contributed by atoms with Crippen LogP contribution in [0, 0.1) is 30.9 Å². The average molecular weight is 305 g/mol. The van der Waals surface area contributed by atoms with Gasteiger partial charge in [-0.2, -0.15) is 0 Å². The van der Waals surface area contributed by atoms with Crippen molar-refractivity contribution < 1.29 is 4.92 Å². The number of nitro groups is 1. The first-order valence-electron chi connectivity index (χ1n) is 6.63. The van der Waals surface area contributed by atoms with E-state index in [2.05, 4.69) is 31.3 Å². The van der Waals surface area contributed by atoms with Crippen LogP contribution in [0.15, 0.2) is 30.3 Å². The summed E-state index contributed by atoms with van der Waals surface area (Å²) in [6.07, 6.45) is 0. The van der Waals surface area contributed by atoms with Crippen molar-refractivity contribution in [2.24, 2.45) is 0 Å². The largest absolute Gasteiger partial charge is 0.381 e. The monoisotopic (exact) mass is 304 g/mol. The number of hydrogen-bond acceptors (Lipinski definition) is 3. The van der Waals surface area contributed by atoms with Crippen molar-refractivity contribution in [2.75, 3.05) is 5.32 Å². The number of nitro benzene ring substituents is 1. The maximum atomic E-state index is 10.9. The van der Waals surface area contributed by atoms with Crippen LogP contribution < -0.4 is 5.32 Å². The molecule has 110 valence electrons. The lowest BCUT2D eigenvalue weighted by atomic mass is 10.0. The Labute approximate surface area is 128 Å². The molecule has 21 heavy (non-hydrogen) atoms. The Bertz CT molecular complexity index is 679. The van der Waals surface area contributed by atoms with Gasteiger partial charge in [0, 0.05) is 18.3 Å². The predicted molar refractivity (Wildman–Crippen MR) is 86.1 cm³/mol. The van der Waals surface area contributed by atoms with Crippen molar-refractivity contribution in [3.63, 3.8) is 0 Å². The van der Waals surface area contributed by atoms with Crippen LogP contribution in [-0.2, 0) is 6.54 Å². The highest BCUT2D eigenvalue weighted by molar-refractivity contribution is 6.33. The van der Waals surface area contributed by atoms with Crippen molar-refractivity contribution in [1.29, 1.82) is 0 Å². The molecular formula is C16H17ClN2O2. The minimum Gasteiger partial charge on any atom is -0.381 e. The molecule has 2 rings (SSSR count). The Morgan fingerprint density at radius 1 is 1.14 bits per heavy atom. The fourth-order valence-electron chi connectivity index (χ4n) is 2.31. The van der Waals surface area contributed by atoms with E-state index in [1.165, 1.54) is 22.8 Å². The van der Waals surface area contributed by atoms with Crippen molar-refractivity contribution in [3.05, 3.63) is 67.7 Å². The van der Waals surface area contributed by atoms with Crippen LogP contribution in [0.4, 0.5) is 11.4 Å². The molecule has 2 aromatic rings. The minimum atomic E-state index is -0.468. The van der Waals surface area contributed by atoms with E-state index in [0.29, 0.717) is 6.54 Å². The number of nitrogens with zero attached hydrogens (tertiary/aromatic N) is 1. The van der Waals surface area contributed by atoms with Gasteiger partial charge in [0.1, 0.15) is 5.02 Å². The molecule has 0 aliphatic heterocycles. The van der Waals surface area contributed by atoms with Gasteiger partial charge >= 0.3 is 0 Å². The molecule has 0 unspecified atom stereocenters. The van der Waals surface area contributed by atoms with Crippen LogP contribution in [0.1, 0.15) is 22.3 Å². The number of halogens is 1. The van der Waals surface area contributed by atoms with Gasteiger partial charge in [0.25, 0.3) is 5.69 Å². The van der Waals surface area contributed by atoms with Crippen LogP contribution in [0.3, 0.4) is 0 Å². The molecule has 5 heteroatoms. The molecule has 0 radical (unpaired) electrons. The third-order valence-electron chi connectivity index (χ3n) is 3.59. The topological polar surface area (TPSA) is 55.2 Å². The van der Waals surface area contributed by atoms with Crippen molar-refractivity contribution in [2.45, 2.75) is 27.3 Å².